The Morgan fingerprint density at radius 2 is 0.869 bits per heavy atom. The summed E-state index contributed by atoms with van der Waals surface area (Å²) in [6, 6.07) is 0. The van der Waals surface area contributed by atoms with E-state index >= 15 is 0 Å². The van der Waals surface area contributed by atoms with Gasteiger partial charge in [-0.25, -0.2) is 4.79 Å². The molecule has 1 amide bonds. The Labute approximate surface area is 382 Å². The molecule has 7 heteroatoms. The summed E-state index contributed by atoms with van der Waals surface area (Å²) < 4.78 is 29.5. The Kier molecular flexibility index (Phi) is 49.5. The fraction of sp³-hybridized carbons (Fsp3) is 0.981. The fourth-order valence-corrected chi connectivity index (χ4v) is 7.57. The SMILES string of the molecule is CC.CCCCCCCCCCCCCCCCCCOCC(CCCOC(=O)NCCC(C)(C)OCC(C)(C)OC)OCCCCCCCCCCCCCCCCCC. The Hall–Kier alpha value is -0.890. The van der Waals surface area contributed by atoms with E-state index in [1.165, 1.54) is 193 Å². The van der Waals surface area contributed by atoms with Crippen molar-refractivity contribution in [3.8, 4) is 0 Å². The molecule has 0 heterocycles. The van der Waals surface area contributed by atoms with Gasteiger partial charge in [0.25, 0.3) is 0 Å². The summed E-state index contributed by atoms with van der Waals surface area (Å²) in [4.78, 5) is 12.4. The number of ether oxygens (including phenoxy) is 5. The van der Waals surface area contributed by atoms with E-state index in [0.29, 0.717) is 32.8 Å². The lowest BCUT2D eigenvalue weighted by Crippen LogP contribution is -2.38. The molecular weight excluding hydrogens is 759 g/mol. The Bertz CT molecular complexity index is 851. The smallest absolute Gasteiger partial charge is 0.407 e. The normalized spacial score (nSPS) is 12.3. The molecule has 0 aliphatic carbocycles. The highest BCUT2D eigenvalue weighted by atomic mass is 16.6. The van der Waals surface area contributed by atoms with Crippen LogP contribution in [0.15, 0.2) is 0 Å². The van der Waals surface area contributed by atoms with Crippen LogP contribution in [-0.2, 0) is 23.7 Å². The first-order chi connectivity index (χ1) is 29.7. The van der Waals surface area contributed by atoms with Crippen LogP contribution in [0.5, 0.6) is 0 Å². The molecule has 0 aromatic carbocycles. The minimum absolute atomic E-state index is 0.0494. The topological polar surface area (TPSA) is 75.3 Å². The van der Waals surface area contributed by atoms with Crippen molar-refractivity contribution < 1.29 is 28.5 Å². The summed E-state index contributed by atoms with van der Waals surface area (Å²) in [5.41, 5.74) is -0.709. The second-order valence-corrected chi connectivity index (χ2v) is 19.1. The number of alkyl carbamates (subject to hydrolysis) is 1. The second kappa shape index (κ2) is 48.6. The molecule has 0 aromatic heterocycles. The van der Waals surface area contributed by atoms with Crippen molar-refractivity contribution >= 4 is 6.09 Å². The van der Waals surface area contributed by atoms with Crippen LogP contribution in [0.2, 0.25) is 0 Å². The van der Waals surface area contributed by atoms with Crippen LogP contribution in [0.1, 0.15) is 280 Å². The van der Waals surface area contributed by atoms with Crippen molar-refractivity contribution in [1.29, 1.82) is 0 Å². The number of hydrogen-bond acceptors (Lipinski definition) is 6. The van der Waals surface area contributed by atoms with E-state index < -0.39 is 0 Å². The van der Waals surface area contributed by atoms with Crippen LogP contribution in [0.25, 0.3) is 0 Å². The fourth-order valence-electron chi connectivity index (χ4n) is 7.57. The predicted molar refractivity (Wildman–Crippen MR) is 265 cm³/mol. The van der Waals surface area contributed by atoms with Crippen LogP contribution in [0, 0.1) is 0 Å². The van der Waals surface area contributed by atoms with E-state index in [-0.39, 0.29) is 23.4 Å². The largest absolute Gasteiger partial charge is 0.450 e. The quantitative estimate of drug-likeness (QED) is 0.0614. The van der Waals surface area contributed by atoms with E-state index in [2.05, 4.69) is 19.2 Å². The minimum Gasteiger partial charge on any atom is -0.450 e. The van der Waals surface area contributed by atoms with Crippen LogP contribution >= 0.6 is 0 Å². The Morgan fingerprint density at radius 1 is 0.492 bits per heavy atom. The van der Waals surface area contributed by atoms with E-state index in [4.69, 9.17) is 23.7 Å². The summed E-state index contributed by atoms with van der Waals surface area (Å²) >= 11 is 0. The molecule has 0 saturated carbocycles. The van der Waals surface area contributed by atoms with Gasteiger partial charge in [0.05, 0.1) is 37.1 Å². The molecule has 0 saturated heterocycles. The summed E-state index contributed by atoms with van der Waals surface area (Å²) in [5, 5.41) is 2.88. The first-order valence-electron chi connectivity index (χ1n) is 26.9. The lowest BCUT2D eigenvalue weighted by atomic mass is 10.0. The number of unbranched alkanes of at least 4 members (excludes halogenated alkanes) is 30. The second-order valence-electron chi connectivity index (χ2n) is 19.1. The molecule has 0 aliphatic heterocycles. The highest BCUT2D eigenvalue weighted by molar-refractivity contribution is 5.67. The summed E-state index contributed by atoms with van der Waals surface area (Å²) in [7, 11) is 1.69. The molecule has 0 spiro atoms. The van der Waals surface area contributed by atoms with E-state index in [1.807, 2.05) is 41.5 Å². The van der Waals surface area contributed by atoms with Gasteiger partial charge in [0.2, 0.25) is 0 Å². The van der Waals surface area contributed by atoms with Gasteiger partial charge < -0.3 is 29.0 Å². The molecule has 0 aliphatic rings. The number of nitrogens with one attached hydrogen (secondary N) is 1. The molecule has 0 aromatic rings. The first kappa shape index (κ1) is 62.2. The Morgan fingerprint density at radius 3 is 1.26 bits per heavy atom. The molecule has 368 valence electrons. The third kappa shape index (κ3) is 50.0. The highest BCUT2D eigenvalue weighted by Crippen LogP contribution is 2.19. The highest BCUT2D eigenvalue weighted by Gasteiger charge is 2.24. The molecule has 61 heavy (non-hydrogen) atoms. The van der Waals surface area contributed by atoms with Gasteiger partial charge >= 0.3 is 6.09 Å². The maximum absolute atomic E-state index is 12.4. The first-order valence-corrected chi connectivity index (χ1v) is 26.9. The molecule has 7 nitrogen and oxygen atoms in total. The van der Waals surface area contributed by atoms with Crippen molar-refractivity contribution in [2.45, 2.75) is 297 Å². The number of carbonyl (C=O) groups is 1. The number of carbonyl (C=O) groups excluding carboxylic acids is 1. The predicted octanol–water partition coefficient (Wildman–Crippen LogP) is 17.1. The van der Waals surface area contributed by atoms with E-state index in [1.54, 1.807) is 7.11 Å². The van der Waals surface area contributed by atoms with Gasteiger partial charge in [0.15, 0.2) is 0 Å². The molecule has 1 atom stereocenters. The summed E-state index contributed by atoms with van der Waals surface area (Å²) in [5.74, 6) is 0. The zero-order chi connectivity index (χ0) is 45.4. The van der Waals surface area contributed by atoms with Gasteiger partial charge in [-0.1, -0.05) is 220 Å². The van der Waals surface area contributed by atoms with Crippen molar-refractivity contribution in [3.05, 3.63) is 0 Å². The molecule has 0 radical (unpaired) electrons. The van der Waals surface area contributed by atoms with Crippen LogP contribution < -0.4 is 5.32 Å². The monoisotopic (exact) mass is 870 g/mol. The number of amides is 1. The van der Waals surface area contributed by atoms with Gasteiger partial charge in [-0.05, 0) is 59.8 Å². The molecule has 1 N–H and O–H groups in total. The Balaban J connectivity index is 0. The zero-order valence-corrected chi connectivity index (χ0v) is 43.0. The van der Waals surface area contributed by atoms with Crippen LogP contribution in [-0.4, -0.2) is 70.1 Å². The average Bonchev–Trinajstić information content (AvgIpc) is 3.25. The minimum atomic E-state index is -0.372. The zero-order valence-electron chi connectivity index (χ0n) is 43.0. The van der Waals surface area contributed by atoms with Crippen LogP contribution in [0.3, 0.4) is 0 Å². The molecule has 0 fully saturated rings. The molecule has 0 bridgehead atoms. The van der Waals surface area contributed by atoms with Gasteiger partial charge in [-0.15, -0.1) is 0 Å². The lowest BCUT2D eigenvalue weighted by molar-refractivity contribution is -0.108. The number of methoxy groups -OCH3 is 1. The van der Waals surface area contributed by atoms with Gasteiger partial charge in [-0.2, -0.15) is 0 Å². The standard InChI is InChI=1S/C52H105NO6.C2H6/c1-8-10-12-14-16-18-20-22-24-26-28-30-32-34-36-38-44-56-47-49(41-40-46-58-50(54)53-43-42-51(3,4)59-48-52(5,6)55-7)57-45-39-37-35-33-31-29-27-25-23-21-19-17-15-13-11-9-2;1-2/h49H,8-48H2,1-7H3,(H,53,54);1-2H3. The van der Waals surface area contributed by atoms with Crippen molar-refractivity contribution in [2.75, 3.05) is 46.7 Å². The lowest BCUT2D eigenvalue weighted by Gasteiger charge is -2.31. The third-order valence-corrected chi connectivity index (χ3v) is 12.1. The van der Waals surface area contributed by atoms with Gasteiger partial charge in [-0.3, -0.25) is 0 Å². The summed E-state index contributed by atoms with van der Waals surface area (Å²) in [6.07, 6.45) is 46.0. The van der Waals surface area contributed by atoms with E-state index in [9.17, 15) is 4.79 Å². The summed E-state index contributed by atoms with van der Waals surface area (Å²) in [6.45, 7) is 20.3. The number of hydrogen-bond donors (Lipinski definition) is 1. The van der Waals surface area contributed by atoms with E-state index in [0.717, 1.165) is 38.9 Å². The maximum Gasteiger partial charge on any atom is 0.407 e. The van der Waals surface area contributed by atoms with Crippen molar-refractivity contribution in [2.24, 2.45) is 0 Å². The number of rotatable bonds is 48. The van der Waals surface area contributed by atoms with Gasteiger partial charge in [0.1, 0.15) is 0 Å². The average molecular weight is 870 g/mol. The maximum atomic E-state index is 12.4. The molecule has 1 unspecified atom stereocenters. The van der Waals surface area contributed by atoms with Crippen molar-refractivity contribution in [3.63, 3.8) is 0 Å². The molecule has 0 rings (SSSR count). The molecular formula is C54H111NO6. The third-order valence-electron chi connectivity index (χ3n) is 12.1. The van der Waals surface area contributed by atoms with Gasteiger partial charge in [0, 0.05) is 26.9 Å². The van der Waals surface area contributed by atoms with Crippen LogP contribution in [0.4, 0.5) is 4.79 Å². The van der Waals surface area contributed by atoms with Crippen molar-refractivity contribution in [1.82, 2.24) is 5.32 Å².